The van der Waals surface area contributed by atoms with E-state index in [1.165, 1.54) is 16.8 Å². The molecule has 0 radical (unpaired) electrons. The van der Waals surface area contributed by atoms with E-state index >= 15 is 0 Å². The highest BCUT2D eigenvalue weighted by molar-refractivity contribution is 6.06. The van der Waals surface area contributed by atoms with E-state index in [0.717, 1.165) is 37.3 Å². The maximum absolute atomic E-state index is 12.9. The van der Waals surface area contributed by atoms with Gasteiger partial charge < -0.3 is 9.80 Å². The minimum Gasteiger partial charge on any atom is -0.325 e. The van der Waals surface area contributed by atoms with Crippen LogP contribution in [0.4, 0.5) is 17.2 Å². The van der Waals surface area contributed by atoms with Gasteiger partial charge in [-0.05, 0) is 54.7 Å². The summed E-state index contributed by atoms with van der Waals surface area (Å²) < 4.78 is 0. The van der Waals surface area contributed by atoms with Crippen LogP contribution in [0.15, 0.2) is 60.7 Å². The van der Waals surface area contributed by atoms with E-state index in [-0.39, 0.29) is 5.91 Å². The summed E-state index contributed by atoms with van der Waals surface area (Å²) in [6, 6.07) is 20.2. The molecule has 2 aromatic carbocycles. The van der Waals surface area contributed by atoms with E-state index < -0.39 is 0 Å². The Bertz CT molecular complexity index is 999. The number of carbonyl (C=O) groups excluding carboxylic acids is 1. The van der Waals surface area contributed by atoms with Crippen molar-refractivity contribution in [2.75, 3.05) is 22.9 Å². The Balaban J connectivity index is 1.41. The number of amides is 1. The number of aromatic nitrogens is 2. The molecule has 3 heterocycles. The second kappa shape index (κ2) is 6.50. The number of carbonyl (C=O) groups is 1. The summed E-state index contributed by atoms with van der Waals surface area (Å²) in [5.41, 5.74) is 5.10. The molecule has 0 unspecified atom stereocenters. The number of benzene rings is 2. The molecule has 0 saturated heterocycles. The van der Waals surface area contributed by atoms with Crippen LogP contribution in [0.1, 0.15) is 28.0 Å². The predicted molar refractivity (Wildman–Crippen MR) is 106 cm³/mol. The van der Waals surface area contributed by atoms with Gasteiger partial charge in [-0.25, -0.2) is 0 Å². The molecule has 5 rings (SSSR count). The molecule has 0 atom stereocenters. The van der Waals surface area contributed by atoms with E-state index in [9.17, 15) is 4.79 Å². The summed E-state index contributed by atoms with van der Waals surface area (Å²) in [6.45, 7) is 1.61. The third kappa shape index (κ3) is 2.76. The van der Waals surface area contributed by atoms with Crippen molar-refractivity contribution in [3.8, 4) is 0 Å². The summed E-state index contributed by atoms with van der Waals surface area (Å²) >= 11 is 0. The SMILES string of the molecule is O=C(c1ccc(N2CCCc3ccccc32)nn1)N1CCc2ccccc21. The van der Waals surface area contributed by atoms with Gasteiger partial charge in [0.2, 0.25) is 0 Å². The molecule has 0 N–H and O–H groups in total. The van der Waals surface area contributed by atoms with Crippen LogP contribution in [0.25, 0.3) is 0 Å². The minimum atomic E-state index is -0.0851. The van der Waals surface area contributed by atoms with Crippen molar-refractivity contribution in [3.63, 3.8) is 0 Å². The first-order valence-corrected chi connectivity index (χ1v) is 9.40. The molecule has 0 saturated carbocycles. The maximum Gasteiger partial charge on any atom is 0.278 e. The molecule has 2 aliphatic rings. The van der Waals surface area contributed by atoms with Gasteiger partial charge in [0.15, 0.2) is 11.5 Å². The van der Waals surface area contributed by atoms with Crippen molar-refractivity contribution >= 4 is 23.1 Å². The second-order valence-corrected chi connectivity index (χ2v) is 7.00. The molecule has 3 aromatic rings. The molecule has 5 nitrogen and oxygen atoms in total. The van der Waals surface area contributed by atoms with E-state index in [1.54, 1.807) is 11.0 Å². The van der Waals surface area contributed by atoms with Crippen LogP contribution < -0.4 is 9.80 Å². The third-order valence-corrected chi connectivity index (χ3v) is 5.39. The summed E-state index contributed by atoms with van der Waals surface area (Å²) in [5, 5.41) is 8.64. The number of nitrogens with zero attached hydrogens (tertiary/aromatic N) is 4. The molecule has 0 fully saturated rings. The fraction of sp³-hybridized carbons (Fsp3) is 0.227. The molecular weight excluding hydrogens is 336 g/mol. The zero-order valence-electron chi connectivity index (χ0n) is 15.0. The quantitative estimate of drug-likeness (QED) is 0.701. The lowest BCUT2D eigenvalue weighted by Crippen LogP contribution is -2.30. The second-order valence-electron chi connectivity index (χ2n) is 7.00. The molecule has 134 valence electrons. The van der Waals surface area contributed by atoms with E-state index in [4.69, 9.17) is 0 Å². The Kier molecular flexibility index (Phi) is 3.85. The number of para-hydroxylation sites is 2. The van der Waals surface area contributed by atoms with Crippen LogP contribution in [0.2, 0.25) is 0 Å². The van der Waals surface area contributed by atoms with Crippen LogP contribution in [0.3, 0.4) is 0 Å². The Morgan fingerprint density at radius 1 is 0.778 bits per heavy atom. The summed E-state index contributed by atoms with van der Waals surface area (Å²) in [7, 11) is 0. The van der Waals surface area contributed by atoms with Crippen LogP contribution in [-0.2, 0) is 12.8 Å². The van der Waals surface area contributed by atoms with E-state index in [2.05, 4.69) is 39.4 Å². The lowest BCUT2D eigenvalue weighted by Gasteiger charge is -2.30. The number of rotatable bonds is 2. The molecular formula is C22H20N4O. The number of hydrogen-bond donors (Lipinski definition) is 0. The van der Waals surface area contributed by atoms with Crippen LogP contribution in [0, 0.1) is 0 Å². The van der Waals surface area contributed by atoms with Crippen molar-refractivity contribution in [2.45, 2.75) is 19.3 Å². The summed E-state index contributed by atoms with van der Waals surface area (Å²) in [6.07, 6.45) is 3.06. The van der Waals surface area contributed by atoms with Crippen molar-refractivity contribution in [1.29, 1.82) is 0 Å². The van der Waals surface area contributed by atoms with Gasteiger partial charge in [0.25, 0.3) is 5.91 Å². The fourth-order valence-corrected chi connectivity index (χ4v) is 4.04. The first-order valence-electron chi connectivity index (χ1n) is 9.40. The topological polar surface area (TPSA) is 49.3 Å². The standard InChI is InChI=1S/C22H20N4O/c27-22(26-15-13-17-7-2-4-10-20(17)26)18-11-12-21(24-23-18)25-14-5-8-16-6-1-3-9-19(16)25/h1-4,6-7,9-12H,5,8,13-15H2. The zero-order valence-corrected chi connectivity index (χ0v) is 15.0. The molecule has 27 heavy (non-hydrogen) atoms. The lowest BCUT2D eigenvalue weighted by atomic mass is 10.0. The lowest BCUT2D eigenvalue weighted by molar-refractivity contribution is 0.0983. The Morgan fingerprint density at radius 2 is 1.52 bits per heavy atom. The Morgan fingerprint density at radius 3 is 2.30 bits per heavy atom. The fourth-order valence-electron chi connectivity index (χ4n) is 4.04. The van der Waals surface area contributed by atoms with Gasteiger partial charge >= 0.3 is 0 Å². The third-order valence-electron chi connectivity index (χ3n) is 5.39. The van der Waals surface area contributed by atoms with Crippen LogP contribution in [-0.4, -0.2) is 29.2 Å². The van der Waals surface area contributed by atoms with E-state index in [1.807, 2.05) is 30.3 Å². The number of fused-ring (bicyclic) bond motifs is 2. The molecule has 1 amide bonds. The number of anilines is 3. The van der Waals surface area contributed by atoms with Crippen LogP contribution in [0.5, 0.6) is 0 Å². The average molecular weight is 356 g/mol. The highest BCUT2D eigenvalue weighted by atomic mass is 16.2. The maximum atomic E-state index is 12.9. The van der Waals surface area contributed by atoms with Gasteiger partial charge in [-0.3, -0.25) is 4.79 Å². The highest BCUT2D eigenvalue weighted by Crippen LogP contribution is 2.32. The molecule has 5 heteroatoms. The molecule has 0 bridgehead atoms. The van der Waals surface area contributed by atoms with Gasteiger partial charge in [0.1, 0.15) is 0 Å². The number of aryl methyl sites for hydroxylation is 1. The van der Waals surface area contributed by atoms with Crippen molar-refractivity contribution in [3.05, 3.63) is 77.5 Å². The Hall–Kier alpha value is -3.21. The van der Waals surface area contributed by atoms with Gasteiger partial charge in [0, 0.05) is 24.5 Å². The highest BCUT2D eigenvalue weighted by Gasteiger charge is 2.26. The molecule has 0 spiro atoms. The van der Waals surface area contributed by atoms with Crippen molar-refractivity contribution < 1.29 is 4.79 Å². The minimum absolute atomic E-state index is 0.0851. The predicted octanol–water partition coefficient (Wildman–Crippen LogP) is 3.76. The Labute approximate surface area is 158 Å². The van der Waals surface area contributed by atoms with Gasteiger partial charge in [-0.15, -0.1) is 10.2 Å². The first kappa shape index (κ1) is 16.0. The normalized spacial score (nSPS) is 15.4. The monoisotopic (exact) mass is 356 g/mol. The summed E-state index contributed by atoms with van der Waals surface area (Å²) in [5.74, 6) is 0.707. The first-order chi connectivity index (χ1) is 13.3. The van der Waals surface area contributed by atoms with Crippen molar-refractivity contribution in [1.82, 2.24) is 10.2 Å². The van der Waals surface area contributed by atoms with E-state index in [0.29, 0.717) is 12.2 Å². The van der Waals surface area contributed by atoms with Gasteiger partial charge in [-0.1, -0.05) is 36.4 Å². The molecule has 2 aliphatic heterocycles. The average Bonchev–Trinajstić information content (AvgIpc) is 3.17. The van der Waals surface area contributed by atoms with Crippen LogP contribution >= 0.6 is 0 Å². The van der Waals surface area contributed by atoms with Crippen molar-refractivity contribution in [2.24, 2.45) is 0 Å². The van der Waals surface area contributed by atoms with Gasteiger partial charge in [0.05, 0.1) is 0 Å². The zero-order chi connectivity index (χ0) is 18.2. The largest absolute Gasteiger partial charge is 0.325 e. The summed E-state index contributed by atoms with van der Waals surface area (Å²) in [4.78, 5) is 16.9. The molecule has 1 aromatic heterocycles. The smallest absolute Gasteiger partial charge is 0.278 e. The molecule has 0 aliphatic carbocycles. The number of hydrogen-bond acceptors (Lipinski definition) is 4. The van der Waals surface area contributed by atoms with Gasteiger partial charge in [-0.2, -0.15) is 0 Å².